The quantitative estimate of drug-likeness (QED) is 0.592. The van der Waals surface area contributed by atoms with Crippen LogP contribution in [0.2, 0.25) is 0 Å². The lowest BCUT2D eigenvalue weighted by molar-refractivity contribution is -0.112. The van der Waals surface area contributed by atoms with Crippen molar-refractivity contribution in [1.29, 1.82) is 0 Å². The van der Waals surface area contributed by atoms with Gasteiger partial charge >= 0.3 is 0 Å². The van der Waals surface area contributed by atoms with E-state index in [1.54, 1.807) is 13.2 Å². The summed E-state index contributed by atoms with van der Waals surface area (Å²) in [5, 5.41) is 3.02. The van der Waals surface area contributed by atoms with E-state index in [1.165, 1.54) is 0 Å². The molecule has 1 aliphatic carbocycles. The van der Waals surface area contributed by atoms with Crippen molar-refractivity contribution in [2.75, 3.05) is 25.5 Å². The topological polar surface area (TPSA) is 58.6 Å². The smallest absolute Gasteiger partial charge is 0.251 e. The van der Waals surface area contributed by atoms with Gasteiger partial charge in [-0.2, -0.15) is 0 Å². The number of ether oxygens (including phenoxy) is 1. The van der Waals surface area contributed by atoms with E-state index in [9.17, 15) is 9.59 Å². The molecule has 0 saturated carbocycles. The molecule has 0 unspecified atom stereocenters. The molecule has 1 saturated heterocycles. The highest BCUT2D eigenvalue weighted by Crippen LogP contribution is 2.37. The van der Waals surface area contributed by atoms with Crippen LogP contribution in [-0.2, 0) is 9.59 Å². The number of methoxy groups -OCH3 is 1. The third-order valence-corrected chi connectivity index (χ3v) is 6.83. The Hall–Kier alpha value is -3.40. The third-order valence-electron chi connectivity index (χ3n) is 6.83. The Kier molecular flexibility index (Phi) is 7.46. The fourth-order valence-electron chi connectivity index (χ4n) is 4.83. The van der Waals surface area contributed by atoms with Gasteiger partial charge in [-0.3, -0.25) is 4.79 Å². The van der Waals surface area contributed by atoms with Gasteiger partial charge in [-0.15, -0.1) is 0 Å². The van der Waals surface area contributed by atoms with Crippen molar-refractivity contribution >= 4 is 23.1 Å². The van der Waals surface area contributed by atoms with E-state index < -0.39 is 0 Å². The summed E-state index contributed by atoms with van der Waals surface area (Å²) in [7, 11) is 1.69. The van der Waals surface area contributed by atoms with Crippen LogP contribution in [-0.4, -0.2) is 43.0 Å². The van der Waals surface area contributed by atoms with Gasteiger partial charge in [0.25, 0.3) is 5.91 Å². The molecule has 1 fully saturated rings. The summed E-state index contributed by atoms with van der Waals surface area (Å²) >= 11 is 0. The molecule has 0 radical (unpaired) electrons. The minimum atomic E-state index is -0.207. The van der Waals surface area contributed by atoms with Crippen molar-refractivity contribution in [1.82, 2.24) is 4.90 Å². The number of allylic oxidation sites excluding steroid dienone is 4. The van der Waals surface area contributed by atoms with E-state index >= 15 is 0 Å². The van der Waals surface area contributed by atoms with Crippen LogP contribution in [0.5, 0.6) is 5.75 Å². The van der Waals surface area contributed by atoms with Gasteiger partial charge in [-0.25, -0.2) is 4.79 Å². The average Bonchev–Trinajstić information content (AvgIpc) is 2.88. The fourth-order valence-corrected chi connectivity index (χ4v) is 4.83. The van der Waals surface area contributed by atoms with Gasteiger partial charge in [-0.1, -0.05) is 42.5 Å². The second-order valence-electron chi connectivity index (χ2n) is 9.21. The van der Waals surface area contributed by atoms with Crippen LogP contribution in [0.1, 0.15) is 50.2 Å². The Balaban J connectivity index is 1.51. The highest BCUT2D eigenvalue weighted by molar-refractivity contribution is 6.07. The third kappa shape index (κ3) is 5.22. The van der Waals surface area contributed by atoms with E-state index in [4.69, 9.17) is 4.74 Å². The Bertz CT molecular complexity index is 1150. The molecule has 0 atom stereocenters. The second kappa shape index (κ2) is 10.7. The molecule has 1 heterocycles. The minimum absolute atomic E-state index is 0.207. The summed E-state index contributed by atoms with van der Waals surface area (Å²) in [6.07, 6.45) is 6.02. The van der Waals surface area contributed by atoms with E-state index in [2.05, 4.69) is 24.1 Å². The summed E-state index contributed by atoms with van der Waals surface area (Å²) in [4.78, 5) is 27.2. The molecular formula is C29H32N2O3. The number of hydrogen-bond acceptors (Lipinski definition) is 4. The number of rotatable bonds is 6. The van der Waals surface area contributed by atoms with E-state index in [1.807, 2.05) is 60.5 Å². The molecule has 1 aliphatic heterocycles. The van der Waals surface area contributed by atoms with Crippen molar-refractivity contribution < 1.29 is 14.3 Å². The molecule has 176 valence electrons. The maximum Gasteiger partial charge on any atom is 0.251 e. The van der Waals surface area contributed by atoms with Crippen molar-refractivity contribution in [3.05, 3.63) is 83.0 Å². The van der Waals surface area contributed by atoms with Gasteiger partial charge in [0.2, 0.25) is 0 Å². The highest BCUT2D eigenvalue weighted by atomic mass is 16.5. The molecule has 1 amide bonds. The Labute approximate surface area is 201 Å². The van der Waals surface area contributed by atoms with Crippen molar-refractivity contribution in [2.45, 2.75) is 45.1 Å². The van der Waals surface area contributed by atoms with Gasteiger partial charge in [0.15, 0.2) is 0 Å². The van der Waals surface area contributed by atoms with Crippen LogP contribution in [0.3, 0.4) is 0 Å². The second-order valence-corrected chi connectivity index (χ2v) is 9.21. The zero-order valence-corrected chi connectivity index (χ0v) is 20.1. The lowest BCUT2D eigenvalue weighted by Crippen LogP contribution is -2.37. The monoisotopic (exact) mass is 456 g/mol. The molecule has 34 heavy (non-hydrogen) atoms. The first-order chi connectivity index (χ1) is 16.5. The van der Waals surface area contributed by atoms with Gasteiger partial charge < -0.3 is 15.0 Å². The molecule has 5 nitrogen and oxygen atoms in total. The SMILES string of the molecule is COc1ccc(NC(=O)C2=CC=C(c3ccccc3)C(=C=O)C2)cc1C1CCN(C(C)C)CC1. The maximum absolute atomic E-state index is 13.0. The normalized spacial score (nSPS) is 17.1. The molecule has 1 N–H and O–H groups in total. The first-order valence-electron chi connectivity index (χ1n) is 11.9. The average molecular weight is 457 g/mol. The van der Waals surface area contributed by atoms with Crippen LogP contribution in [0.15, 0.2) is 71.8 Å². The summed E-state index contributed by atoms with van der Waals surface area (Å²) in [5.74, 6) is 3.09. The summed E-state index contributed by atoms with van der Waals surface area (Å²) < 4.78 is 5.64. The predicted octanol–water partition coefficient (Wildman–Crippen LogP) is 5.39. The van der Waals surface area contributed by atoms with Gasteiger partial charge in [0.05, 0.1) is 7.11 Å². The van der Waals surface area contributed by atoms with Gasteiger partial charge in [-0.05, 0) is 80.6 Å². The number of benzene rings is 2. The molecule has 2 aliphatic rings. The molecule has 0 bridgehead atoms. The van der Waals surface area contributed by atoms with Gasteiger partial charge in [0, 0.05) is 29.3 Å². The van der Waals surface area contributed by atoms with Crippen molar-refractivity contribution in [3.63, 3.8) is 0 Å². The van der Waals surface area contributed by atoms with Crippen LogP contribution < -0.4 is 10.1 Å². The zero-order chi connectivity index (χ0) is 24.1. The van der Waals surface area contributed by atoms with Crippen molar-refractivity contribution in [2.24, 2.45) is 0 Å². The molecule has 2 aromatic rings. The first kappa shape index (κ1) is 23.7. The van der Waals surface area contributed by atoms with E-state index in [0.29, 0.717) is 23.1 Å². The summed E-state index contributed by atoms with van der Waals surface area (Å²) in [6, 6.07) is 16.1. The van der Waals surface area contributed by atoms with Crippen LogP contribution >= 0.6 is 0 Å². The lowest BCUT2D eigenvalue weighted by Gasteiger charge is -2.35. The number of nitrogens with one attached hydrogen (secondary N) is 1. The number of carbonyl (C=O) groups is 1. The molecular weight excluding hydrogens is 424 g/mol. The number of carbonyl (C=O) groups excluding carboxylic acids is 2. The highest BCUT2D eigenvalue weighted by Gasteiger charge is 2.25. The Morgan fingerprint density at radius 2 is 1.82 bits per heavy atom. The zero-order valence-electron chi connectivity index (χ0n) is 20.1. The number of nitrogens with zero attached hydrogens (tertiary/aromatic N) is 1. The van der Waals surface area contributed by atoms with E-state index in [0.717, 1.165) is 54.1 Å². The lowest BCUT2D eigenvalue weighted by atomic mass is 9.87. The molecule has 5 heteroatoms. The first-order valence-corrected chi connectivity index (χ1v) is 11.9. The van der Waals surface area contributed by atoms with Crippen LogP contribution in [0.25, 0.3) is 5.57 Å². The van der Waals surface area contributed by atoms with Crippen LogP contribution in [0, 0.1) is 0 Å². The predicted molar refractivity (Wildman–Crippen MR) is 137 cm³/mol. The van der Waals surface area contributed by atoms with E-state index in [-0.39, 0.29) is 12.3 Å². The fraction of sp³-hybridized carbons (Fsp3) is 0.345. The van der Waals surface area contributed by atoms with Crippen molar-refractivity contribution in [3.8, 4) is 5.75 Å². The molecule has 4 rings (SSSR count). The Morgan fingerprint density at radius 1 is 1.09 bits per heavy atom. The molecule has 0 spiro atoms. The summed E-state index contributed by atoms with van der Waals surface area (Å²) in [5.41, 5.74) is 4.67. The minimum Gasteiger partial charge on any atom is -0.496 e. The number of likely N-dealkylation sites (tertiary alicyclic amines) is 1. The number of amides is 1. The largest absolute Gasteiger partial charge is 0.496 e. The van der Waals surface area contributed by atoms with Gasteiger partial charge in [0.1, 0.15) is 11.7 Å². The molecule has 2 aromatic carbocycles. The Morgan fingerprint density at radius 3 is 2.47 bits per heavy atom. The standard InChI is InChI=1S/C29H32N2O3/c1-20(2)31-15-13-22(14-16-31)27-18-25(10-12-28(27)34-3)30-29(33)23-9-11-26(24(17-23)19-32)21-7-5-4-6-8-21/h4-12,18,20,22H,13-17H2,1-3H3,(H,30,33). The number of anilines is 1. The number of piperidine rings is 1. The summed E-state index contributed by atoms with van der Waals surface area (Å²) in [6.45, 7) is 6.60. The van der Waals surface area contributed by atoms with Crippen LogP contribution in [0.4, 0.5) is 5.69 Å². The maximum atomic E-state index is 13.0. The molecule has 0 aromatic heterocycles. The number of hydrogen-bond donors (Lipinski definition) is 1.